The van der Waals surface area contributed by atoms with Gasteiger partial charge < -0.3 is 20.5 Å². The van der Waals surface area contributed by atoms with E-state index in [0.29, 0.717) is 6.54 Å². The van der Waals surface area contributed by atoms with E-state index in [-0.39, 0.29) is 47.6 Å². The Morgan fingerprint density at radius 3 is 2.68 bits per heavy atom. The monoisotopic (exact) mass is 459 g/mol. The molecule has 6 heteroatoms. The molecule has 3 rings (SSSR count). The van der Waals surface area contributed by atoms with E-state index in [9.17, 15) is 5.11 Å². The molecule has 1 heterocycles. The number of nitrogens with one attached hydrogen (secondary N) is 2. The molecule has 1 saturated carbocycles. The van der Waals surface area contributed by atoms with Crippen LogP contribution in [0.25, 0.3) is 0 Å². The third kappa shape index (κ3) is 5.00. The van der Waals surface area contributed by atoms with E-state index in [4.69, 9.17) is 9.73 Å². The molecular weight excluding hydrogens is 429 g/mol. The van der Waals surface area contributed by atoms with Gasteiger partial charge in [-0.3, -0.25) is 4.99 Å². The molecule has 1 unspecified atom stereocenters. The average molecular weight is 459 g/mol. The van der Waals surface area contributed by atoms with Gasteiger partial charge in [0.2, 0.25) is 0 Å². The quantitative estimate of drug-likeness (QED) is 0.360. The first-order chi connectivity index (χ1) is 11.5. The molecule has 1 aromatic rings. The number of aliphatic hydroxyl groups is 1. The number of benzene rings is 1. The van der Waals surface area contributed by atoms with E-state index < -0.39 is 0 Å². The van der Waals surface area contributed by atoms with Gasteiger partial charge in [-0.1, -0.05) is 18.2 Å². The summed E-state index contributed by atoms with van der Waals surface area (Å²) in [6, 6.07) is 8.35. The number of halogens is 1. The van der Waals surface area contributed by atoms with Gasteiger partial charge >= 0.3 is 0 Å². The molecule has 1 aromatic carbocycles. The smallest absolute Gasteiger partial charge is 0.191 e. The van der Waals surface area contributed by atoms with Crippen molar-refractivity contribution in [2.24, 2.45) is 10.4 Å². The van der Waals surface area contributed by atoms with Crippen molar-refractivity contribution in [3.8, 4) is 5.75 Å². The van der Waals surface area contributed by atoms with E-state index in [1.54, 1.807) is 0 Å². The molecule has 0 radical (unpaired) electrons. The van der Waals surface area contributed by atoms with Crippen LogP contribution in [0, 0.1) is 5.41 Å². The molecular formula is C19H30IN3O2. The minimum atomic E-state index is -0.216. The second kappa shape index (κ2) is 8.12. The van der Waals surface area contributed by atoms with Crippen LogP contribution in [0.3, 0.4) is 0 Å². The molecule has 0 bridgehead atoms. The van der Waals surface area contributed by atoms with Gasteiger partial charge in [-0.15, -0.1) is 24.0 Å². The molecule has 1 fully saturated rings. The van der Waals surface area contributed by atoms with Crippen LogP contribution in [-0.2, 0) is 0 Å². The Morgan fingerprint density at radius 2 is 2.04 bits per heavy atom. The predicted octanol–water partition coefficient (Wildman–Crippen LogP) is 3.23. The van der Waals surface area contributed by atoms with Crippen molar-refractivity contribution in [2.45, 2.75) is 51.7 Å². The third-order valence-corrected chi connectivity index (χ3v) is 4.90. The summed E-state index contributed by atoms with van der Waals surface area (Å²) in [7, 11) is 0. The van der Waals surface area contributed by atoms with Crippen LogP contribution in [0.15, 0.2) is 29.3 Å². The average Bonchev–Trinajstić information content (AvgIpc) is 3.32. The summed E-state index contributed by atoms with van der Waals surface area (Å²) < 4.78 is 6.10. The molecule has 0 aromatic heterocycles. The summed E-state index contributed by atoms with van der Waals surface area (Å²) >= 11 is 0. The molecule has 5 nitrogen and oxygen atoms in total. The molecule has 3 N–H and O–H groups in total. The van der Waals surface area contributed by atoms with Gasteiger partial charge in [-0.05, 0) is 39.7 Å². The zero-order chi connectivity index (χ0) is 17.2. The third-order valence-electron chi connectivity index (χ3n) is 4.90. The number of guanidine groups is 1. The number of ether oxygens (including phenoxy) is 1. The highest BCUT2D eigenvalue weighted by molar-refractivity contribution is 14.0. The molecule has 2 aliphatic rings. The lowest BCUT2D eigenvalue weighted by molar-refractivity contribution is 0.0694. The van der Waals surface area contributed by atoms with Gasteiger partial charge in [-0.25, -0.2) is 0 Å². The fourth-order valence-electron chi connectivity index (χ4n) is 3.21. The van der Waals surface area contributed by atoms with Crippen LogP contribution in [0.1, 0.15) is 51.6 Å². The van der Waals surface area contributed by atoms with Crippen molar-refractivity contribution in [1.82, 2.24) is 10.6 Å². The van der Waals surface area contributed by atoms with Crippen LogP contribution in [-0.4, -0.2) is 36.4 Å². The van der Waals surface area contributed by atoms with Gasteiger partial charge in [-0.2, -0.15) is 0 Å². The van der Waals surface area contributed by atoms with Crippen LogP contribution >= 0.6 is 24.0 Å². The Hall–Kier alpha value is -1.02. The molecule has 1 atom stereocenters. The summed E-state index contributed by atoms with van der Waals surface area (Å²) in [5.41, 5.74) is 0.979. The number of nitrogens with zero attached hydrogens (tertiary/aromatic N) is 1. The number of para-hydroxylation sites is 1. The lowest BCUT2D eigenvalue weighted by Crippen LogP contribution is -2.45. The SMILES string of the molecule is CCNC(=NCC1(CO)CC1)NC1CC(C)(C)Oc2ccccc21.I. The molecule has 140 valence electrons. The normalized spacial score (nSPS) is 22.9. The largest absolute Gasteiger partial charge is 0.487 e. The van der Waals surface area contributed by atoms with Crippen molar-refractivity contribution in [3.05, 3.63) is 29.8 Å². The fraction of sp³-hybridized carbons (Fsp3) is 0.632. The highest BCUT2D eigenvalue weighted by Crippen LogP contribution is 2.45. The van der Waals surface area contributed by atoms with Crippen LogP contribution < -0.4 is 15.4 Å². The molecule has 0 saturated heterocycles. The Balaban J connectivity index is 0.00000225. The minimum absolute atomic E-state index is 0. The summed E-state index contributed by atoms with van der Waals surface area (Å²) in [6.45, 7) is 8.01. The Morgan fingerprint density at radius 1 is 1.32 bits per heavy atom. The summed E-state index contributed by atoms with van der Waals surface area (Å²) in [5, 5.41) is 16.4. The summed E-state index contributed by atoms with van der Waals surface area (Å²) in [4.78, 5) is 4.73. The van der Waals surface area contributed by atoms with E-state index in [1.807, 2.05) is 18.2 Å². The summed E-state index contributed by atoms with van der Waals surface area (Å²) in [5.74, 6) is 1.76. The summed E-state index contributed by atoms with van der Waals surface area (Å²) in [6.07, 6.45) is 3.01. The lowest BCUT2D eigenvalue weighted by atomic mass is 9.90. The number of hydrogen-bond acceptors (Lipinski definition) is 3. The highest BCUT2D eigenvalue weighted by Gasteiger charge is 2.42. The van der Waals surface area contributed by atoms with Crippen molar-refractivity contribution >= 4 is 29.9 Å². The van der Waals surface area contributed by atoms with Gasteiger partial charge in [0.1, 0.15) is 11.4 Å². The first-order valence-electron chi connectivity index (χ1n) is 8.91. The van der Waals surface area contributed by atoms with Crippen LogP contribution in [0.2, 0.25) is 0 Å². The molecule has 25 heavy (non-hydrogen) atoms. The van der Waals surface area contributed by atoms with Crippen LogP contribution in [0.4, 0.5) is 0 Å². The molecule has 1 aliphatic carbocycles. The Bertz CT molecular complexity index is 614. The zero-order valence-electron chi connectivity index (χ0n) is 15.3. The Labute approximate surface area is 167 Å². The maximum absolute atomic E-state index is 9.49. The molecule has 0 spiro atoms. The molecule has 1 aliphatic heterocycles. The minimum Gasteiger partial charge on any atom is -0.487 e. The topological polar surface area (TPSA) is 65.9 Å². The number of aliphatic imine (C=N–C) groups is 1. The van der Waals surface area contributed by atoms with Gasteiger partial charge in [0.05, 0.1) is 19.2 Å². The number of aliphatic hydroxyl groups excluding tert-OH is 1. The highest BCUT2D eigenvalue weighted by atomic mass is 127. The van der Waals surface area contributed by atoms with Crippen molar-refractivity contribution < 1.29 is 9.84 Å². The first kappa shape index (κ1) is 20.3. The number of hydrogen-bond donors (Lipinski definition) is 3. The van der Waals surface area contributed by atoms with Crippen molar-refractivity contribution in [1.29, 1.82) is 0 Å². The van der Waals surface area contributed by atoms with E-state index in [1.165, 1.54) is 5.56 Å². The van der Waals surface area contributed by atoms with Gasteiger partial charge in [0.15, 0.2) is 5.96 Å². The Kier molecular flexibility index (Phi) is 6.59. The number of rotatable bonds is 5. The maximum Gasteiger partial charge on any atom is 0.191 e. The van der Waals surface area contributed by atoms with Crippen molar-refractivity contribution in [2.75, 3.05) is 19.7 Å². The maximum atomic E-state index is 9.49. The van der Waals surface area contributed by atoms with Crippen molar-refractivity contribution in [3.63, 3.8) is 0 Å². The standard InChI is InChI=1S/C19H29N3O2.HI/c1-4-20-17(21-12-19(13-23)9-10-19)22-15-11-18(2,3)24-16-8-6-5-7-14(15)16;/h5-8,15,23H,4,9-13H2,1-3H3,(H2,20,21,22);1H. The first-order valence-corrected chi connectivity index (χ1v) is 8.91. The van der Waals surface area contributed by atoms with E-state index >= 15 is 0 Å². The zero-order valence-corrected chi connectivity index (χ0v) is 17.7. The molecule has 0 amide bonds. The van der Waals surface area contributed by atoms with E-state index in [0.717, 1.165) is 37.5 Å². The van der Waals surface area contributed by atoms with Gasteiger partial charge in [0, 0.05) is 23.9 Å². The van der Waals surface area contributed by atoms with Crippen LogP contribution in [0.5, 0.6) is 5.75 Å². The van der Waals surface area contributed by atoms with Gasteiger partial charge in [0.25, 0.3) is 0 Å². The second-order valence-electron chi connectivity index (χ2n) is 7.65. The predicted molar refractivity (Wildman–Crippen MR) is 112 cm³/mol. The second-order valence-corrected chi connectivity index (χ2v) is 7.65. The number of fused-ring (bicyclic) bond motifs is 1. The van der Waals surface area contributed by atoms with E-state index in [2.05, 4.69) is 37.5 Å². The lowest BCUT2D eigenvalue weighted by Gasteiger charge is -2.38. The fourth-order valence-corrected chi connectivity index (χ4v) is 3.21.